The van der Waals surface area contributed by atoms with Gasteiger partial charge in [0.05, 0.1) is 0 Å². The van der Waals surface area contributed by atoms with Crippen molar-refractivity contribution in [3.05, 3.63) is 49.6 Å². The second kappa shape index (κ2) is 4.56. The van der Waals surface area contributed by atoms with Gasteiger partial charge in [0, 0.05) is 56.7 Å². The van der Waals surface area contributed by atoms with Gasteiger partial charge in [0.1, 0.15) is 24.3 Å². The minimum absolute atomic E-state index is 0.826. The van der Waals surface area contributed by atoms with Gasteiger partial charge in [-0.2, -0.15) is 0 Å². The number of rotatable bonds is 3. The highest BCUT2D eigenvalue weighted by Crippen LogP contribution is 2.19. The van der Waals surface area contributed by atoms with Gasteiger partial charge in [-0.1, -0.05) is 0 Å². The molecule has 0 aliphatic rings. The molecule has 0 atom stereocenters. The molecule has 0 N–H and O–H groups in total. The maximum atomic E-state index is 4.62. The molecule has 3 heterocycles. The quantitative estimate of drug-likeness (QED) is 0.711. The number of hydrogen-bond acceptors (Lipinski definition) is 4. The molecule has 0 aliphatic heterocycles. The van der Waals surface area contributed by atoms with E-state index in [2.05, 4.69) is 15.0 Å². The van der Waals surface area contributed by atoms with Crippen LogP contribution in [0, 0.1) is 0 Å². The summed E-state index contributed by atoms with van der Waals surface area (Å²) in [7, 11) is 4.01. The predicted octanol–water partition coefficient (Wildman–Crippen LogP) is 1.52. The number of aromatic nitrogens is 5. The molecule has 0 unspecified atom stereocenters. The van der Waals surface area contributed by atoms with Crippen molar-refractivity contribution in [1.82, 2.24) is 24.1 Å². The zero-order valence-electron chi connectivity index (χ0n) is 10.8. The Hall–Kier alpha value is -2.63. The standard InChI is InChI=1S/C13H14N6/c1-17(2)11-7-12(18-5-3-14-9-18)16-13(8-11)19-6-4-15-10-19/h3-10H,1-2H3. The summed E-state index contributed by atoms with van der Waals surface area (Å²) in [6.45, 7) is 0. The molecule has 0 saturated heterocycles. The van der Waals surface area contributed by atoms with Crippen LogP contribution in [0.3, 0.4) is 0 Å². The summed E-state index contributed by atoms with van der Waals surface area (Å²) < 4.78 is 3.76. The van der Waals surface area contributed by atoms with Gasteiger partial charge in [-0.05, 0) is 0 Å². The average Bonchev–Trinajstić information content (AvgIpc) is 3.11. The molecule has 3 rings (SSSR count). The molecule has 0 spiro atoms. The van der Waals surface area contributed by atoms with Crippen molar-refractivity contribution < 1.29 is 0 Å². The summed E-state index contributed by atoms with van der Waals surface area (Å²) in [6, 6.07) is 4.03. The van der Waals surface area contributed by atoms with E-state index in [-0.39, 0.29) is 0 Å². The Bertz CT molecular complexity index is 602. The highest BCUT2D eigenvalue weighted by Gasteiger charge is 2.07. The van der Waals surface area contributed by atoms with Crippen LogP contribution in [0.4, 0.5) is 5.69 Å². The van der Waals surface area contributed by atoms with Crippen molar-refractivity contribution in [2.24, 2.45) is 0 Å². The third-order valence-corrected chi connectivity index (χ3v) is 2.84. The molecule has 6 heteroatoms. The van der Waals surface area contributed by atoms with Gasteiger partial charge >= 0.3 is 0 Å². The highest BCUT2D eigenvalue weighted by atomic mass is 15.2. The highest BCUT2D eigenvalue weighted by molar-refractivity contribution is 5.54. The molecular weight excluding hydrogens is 240 g/mol. The van der Waals surface area contributed by atoms with Gasteiger partial charge in [-0.15, -0.1) is 0 Å². The van der Waals surface area contributed by atoms with Gasteiger partial charge < -0.3 is 4.90 Å². The number of hydrogen-bond donors (Lipinski definition) is 0. The largest absolute Gasteiger partial charge is 0.377 e. The van der Waals surface area contributed by atoms with Crippen LogP contribution in [0.25, 0.3) is 11.6 Å². The molecule has 0 fully saturated rings. The molecule has 3 aromatic heterocycles. The van der Waals surface area contributed by atoms with Crippen LogP contribution in [0.1, 0.15) is 0 Å². The van der Waals surface area contributed by atoms with E-state index in [0.717, 1.165) is 17.3 Å². The van der Waals surface area contributed by atoms with Gasteiger partial charge in [-0.25, -0.2) is 15.0 Å². The van der Waals surface area contributed by atoms with E-state index in [1.165, 1.54) is 0 Å². The second-order valence-corrected chi connectivity index (χ2v) is 4.38. The fourth-order valence-electron chi connectivity index (χ4n) is 1.80. The Morgan fingerprint density at radius 1 is 0.895 bits per heavy atom. The molecule has 0 amide bonds. The van der Waals surface area contributed by atoms with E-state index in [9.17, 15) is 0 Å². The van der Waals surface area contributed by atoms with Crippen LogP contribution >= 0.6 is 0 Å². The summed E-state index contributed by atoms with van der Waals surface area (Å²) >= 11 is 0. The monoisotopic (exact) mass is 254 g/mol. The fraction of sp³-hybridized carbons (Fsp3) is 0.154. The Morgan fingerprint density at radius 3 is 1.79 bits per heavy atom. The minimum Gasteiger partial charge on any atom is -0.377 e. The van der Waals surface area contributed by atoms with Gasteiger partial charge in [-0.3, -0.25) is 9.13 Å². The van der Waals surface area contributed by atoms with Crippen molar-refractivity contribution in [2.45, 2.75) is 0 Å². The smallest absolute Gasteiger partial charge is 0.142 e. The Balaban J connectivity index is 2.15. The molecule has 3 aromatic rings. The number of pyridine rings is 1. The van der Waals surface area contributed by atoms with E-state index < -0.39 is 0 Å². The lowest BCUT2D eigenvalue weighted by molar-refractivity contribution is 0.928. The van der Waals surface area contributed by atoms with Crippen molar-refractivity contribution in [3.63, 3.8) is 0 Å². The summed E-state index contributed by atoms with van der Waals surface area (Å²) in [5, 5.41) is 0. The van der Waals surface area contributed by atoms with Gasteiger partial charge in [0.15, 0.2) is 0 Å². The van der Waals surface area contributed by atoms with Crippen LogP contribution < -0.4 is 4.90 Å². The Labute approximate surface area is 111 Å². The first-order chi connectivity index (χ1) is 9.24. The lowest BCUT2D eigenvalue weighted by atomic mass is 10.3. The SMILES string of the molecule is CN(C)c1cc(-n2ccnc2)nc(-n2ccnc2)c1. The van der Waals surface area contributed by atoms with E-state index in [0.29, 0.717) is 0 Å². The zero-order chi connectivity index (χ0) is 13.2. The van der Waals surface area contributed by atoms with E-state index in [1.54, 1.807) is 25.0 Å². The van der Waals surface area contributed by atoms with Crippen LogP contribution in [0.5, 0.6) is 0 Å². The summed E-state index contributed by atoms with van der Waals surface area (Å²) in [6.07, 6.45) is 10.7. The third-order valence-electron chi connectivity index (χ3n) is 2.84. The van der Waals surface area contributed by atoms with Crippen LogP contribution in [0.2, 0.25) is 0 Å². The second-order valence-electron chi connectivity index (χ2n) is 4.38. The molecular formula is C13H14N6. The topological polar surface area (TPSA) is 51.8 Å². The molecule has 0 aromatic carbocycles. The predicted molar refractivity (Wildman–Crippen MR) is 72.8 cm³/mol. The van der Waals surface area contributed by atoms with E-state index >= 15 is 0 Å². The molecule has 0 saturated carbocycles. The van der Waals surface area contributed by atoms with E-state index in [1.807, 2.05) is 52.7 Å². The van der Waals surface area contributed by atoms with Crippen LogP contribution in [0.15, 0.2) is 49.6 Å². The molecule has 19 heavy (non-hydrogen) atoms. The first-order valence-electron chi connectivity index (χ1n) is 5.90. The van der Waals surface area contributed by atoms with Gasteiger partial charge in [0.25, 0.3) is 0 Å². The van der Waals surface area contributed by atoms with E-state index in [4.69, 9.17) is 0 Å². The van der Waals surface area contributed by atoms with Crippen molar-refractivity contribution in [3.8, 4) is 11.6 Å². The Morgan fingerprint density at radius 2 is 1.42 bits per heavy atom. The average molecular weight is 254 g/mol. The fourth-order valence-corrected chi connectivity index (χ4v) is 1.80. The molecule has 96 valence electrons. The minimum atomic E-state index is 0.826. The maximum Gasteiger partial charge on any atom is 0.142 e. The molecule has 0 radical (unpaired) electrons. The first kappa shape index (κ1) is 11.5. The van der Waals surface area contributed by atoms with Crippen molar-refractivity contribution >= 4 is 5.69 Å². The molecule has 0 aliphatic carbocycles. The number of imidazole rings is 2. The Kier molecular flexibility index (Phi) is 2.75. The number of nitrogens with zero attached hydrogens (tertiary/aromatic N) is 6. The number of anilines is 1. The van der Waals surface area contributed by atoms with Crippen molar-refractivity contribution in [1.29, 1.82) is 0 Å². The van der Waals surface area contributed by atoms with Crippen molar-refractivity contribution in [2.75, 3.05) is 19.0 Å². The van der Waals surface area contributed by atoms with Crippen LogP contribution in [-0.2, 0) is 0 Å². The maximum absolute atomic E-state index is 4.62. The molecule has 0 bridgehead atoms. The summed E-state index contributed by atoms with van der Waals surface area (Å²) in [5.41, 5.74) is 1.07. The zero-order valence-corrected chi connectivity index (χ0v) is 10.8. The summed E-state index contributed by atoms with van der Waals surface area (Å²) in [5.74, 6) is 1.65. The molecule has 6 nitrogen and oxygen atoms in total. The van der Waals surface area contributed by atoms with Crippen LogP contribution in [-0.4, -0.2) is 38.2 Å². The first-order valence-corrected chi connectivity index (χ1v) is 5.90. The van der Waals surface area contributed by atoms with Gasteiger partial charge in [0.2, 0.25) is 0 Å². The lowest BCUT2D eigenvalue weighted by Gasteiger charge is -2.15. The third kappa shape index (κ3) is 2.20. The summed E-state index contributed by atoms with van der Waals surface area (Å²) in [4.78, 5) is 14.8. The normalized spacial score (nSPS) is 10.6. The lowest BCUT2D eigenvalue weighted by Crippen LogP contribution is -2.11.